The Morgan fingerprint density at radius 2 is 2.00 bits per heavy atom. The van der Waals surface area contributed by atoms with Crippen LogP contribution in [-0.2, 0) is 0 Å². The average Bonchev–Trinajstić information content (AvgIpc) is 1.68. The molecule has 38 valence electrons. The summed E-state index contributed by atoms with van der Waals surface area (Å²) >= 11 is 3.25. The molecule has 0 atom stereocenters. The lowest BCUT2D eigenvalue weighted by molar-refractivity contribution is 0.806. The number of halogens is 1. The summed E-state index contributed by atoms with van der Waals surface area (Å²) in [6.45, 7) is 4.01. The predicted molar refractivity (Wildman–Crippen MR) is 33.3 cm³/mol. The van der Waals surface area contributed by atoms with Crippen LogP contribution in [0.2, 0.25) is 0 Å². The lowest BCUT2D eigenvalue weighted by Crippen LogP contribution is -1.88. The Morgan fingerprint density at radius 3 is 2.00 bits per heavy atom. The second-order valence-electron chi connectivity index (χ2n) is 1.22. The number of rotatable bonds is 2. The smallest absolute Gasteiger partial charge is 0.0423 e. The SMILES string of the molecule is [2H]C(Br)(CC)CC. The zero-order valence-corrected chi connectivity index (χ0v) is 5.88. The van der Waals surface area contributed by atoms with Gasteiger partial charge in [0.1, 0.15) is 0 Å². The van der Waals surface area contributed by atoms with Gasteiger partial charge in [0.05, 0.1) is 0 Å². The maximum atomic E-state index is 7.34. The van der Waals surface area contributed by atoms with E-state index in [0.29, 0.717) is 0 Å². The molecule has 0 aromatic rings. The third-order valence-corrected chi connectivity index (χ3v) is 1.89. The molecule has 0 saturated carbocycles. The van der Waals surface area contributed by atoms with Crippen molar-refractivity contribution in [2.24, 2.45) is 0 Å². The summed E-state index contributed by atoms with van der Waals surface area (Å²) in [6, 6.07) is 0. The summed E-state index contributed by atoms with van der Waals surface area (Å²) in [5, 5.41) is 0. The minimum Gasteiger partial charge on any atom is -0.0891 e. The molecule has 0 N–H and O–H groups in total. The molecule has 6 heavy (non-hydrogen) atoms. The lowest BCUT2D eigenvalue weighted by Gasteiger charge is -1.96. The first-order valence-electron chi connectivity index (χ1n) is 2.81. The summed E-state index contributed by atoms with van der Waals surface area (Å²) in [5.74, 6) is 0. The zero-order valence-electron chi connectivity index (χ0n) is 5.29. The van der Waals surface area contributed by atoms with E-state index < -0.39 is 0 Å². The predicted octanol–water partition coefficient (Wildman–Crippen LogP) is 2.57. The van der Waals surface area contributed by atoms with Crippen LogP contribution in [0.15, 0.2) is 0 Å². The van der Waals surface area contributed by atoms with E-state index in [4.69, 9.17) is 1.37 Å². The molecule has 0 amide bonds. The van der Waals surface area contributed by atoms with E-state index in [-0.39, 0.29) is 4.80 Å². The molecule has 0 spiro atoms. The fraction of sp³-hybridized carbons (Fsp3) is 1.00. The van der Waals surface area contributed by atoms with Crippen molar-refractivity contribution in [3.8, 4) is 0 Å². The van der Waals surface area contributed by atoms with E-state index in [1.165, 1.54) is 0 Å². The molecule has 0 heterocycles. The quantitative estimate of drug-likeness (QED) is 0.533. The van der Waals surface area contributed by atoms with E-state index in [9.17, 15) is 0 Å². The molecule has 0 rings (SSSR count). The maximum absolute atomic E-state index is 7.34. The van der Waals surface area contributed by atoms with Gasteiger partial charge in [-0.3, -0.25) is 0 Å². The molecule has 0 fully saturated rings. The Hall–Kier alpha value is 0.480. The maximum Gasteiger partial charge on any atom is 0.0423 e. The fourth-order valence-corrected chi connectivity index (χ4v) is 0.250. The van der Waals surface area contributed by atoms with E-state index in [0.717, 1.165) is 12.8 Å². The third-order valence-electron chi connectivity index (χ3n) is 0.767. The Balaban J connectivity index is 3.36. The fourth-order valence-electron chi connectivity index (χ4n) is 0.250. The largest absolute Gasteiger partial charge is 0.0891 e. The lowest BCUT2D eigenvalue weighted by atomic mass is 10.3. The van der Waals surface area contributed by atoms with Crippen LogP contribution in [-0.4, -0.2) is 4.80 Å². The van der Waals surface area contributed by atoms with Crippen LogP contribution in [0.5, 0.6) is 0 Å². The first-order valence-corrected chi connectivity index (χ1v) is 3.10. The van der Waals surface area contributed by atoms with Gasteiger partial charge in [-0.2, -0.15) is 0 Å². The molecule has 0 aliphatic rings. The molecule has 0 aliphatic heterocycles. The van der Waals surface area contributed by atoms with Gasteiger partial charge in [-0.15, -0.1) is 0 Å². The molecule has 0 aliphatic carbocycles. The molecule has 0 aromatic heterocycles. The molecular weight excluding hydrogens is 140 g/mol. The van der Waals surface area contributed by atoms with Crippen molar-refractivity contribution in [2.45, 2.75) is 31.5 Å². The second kappa shape index (κ2) is 3.66. The number of hydrogen-bond acceptors (Lipinski definition) is 0. The summed E-state index contributed by atoms with van der Waals surface area (Å²) in [7, 11) is 0. The van der Waals surface area contributed by atoms with Gasteiger partial charge in [0.15, 0.2) is 0 Å². The monoisotopic (exact) mass is 151 g/mol. The van der Waals surface area contributed by atoms with Gasteiger partial charge >= 0.3 is 0 Å². The molecule has 1 heteroatoms. The minimum absolute atomic E-state index is 0.354. The minimum atomic E-state index is -0.354. The molecule has 0 unspecified atom stereocenters. The van der Waals surface area contributed by atoms with Crippen molar-refractivity contribution in [2.75, 3.05) is 0 Å². The summed E-state index contributed by atoms with van der Waals surface area (Å²) in [5.41, 5.74) is 0. The average molecular weight is 152 g/mol. The molecule has 0 radical (unpaired) electrons. The van der Waals surface area contributed by atoms with Gasteiger partial charge in [-0.25, -0.2) is 0 Å². The van der Waals surface area contributed by atoms with Crippen LogP contribution in [0, 0.1) is 0 Å². The van der Waals surface area contributed by atoms with Gasteiger partial charge in [-0.05, 0) is 12.8 Å². The Morgan fingerprint density at radius 1 is 1.67 bits per heavy atom. The highest BCUT2D eigenvalue weighted by Crippen LogP contribution is 2.06. The van der Waals surface area contributed by atoms with Crippen LogP contribution in [0.25, 0.3) is 0 Å². The van der Waals surface area contributed by atoms with Crippen LogP contribution in [0.3, 0.4) is 0 Å². The number of hydrogen-bond donors (Lipinski definition) is 0. The van der Waals surface area contributed by atoms with E-state index in [2.05, 4.69) is 15.9 Å². The summed E-state index contributed by atoms with van der Waals surface area (Å²) in [4.78, 5) is -0.354. The van der Waals surface area contributed by atoms with Crippen LogP contribution in [0.1, 0.15) is 28.1 Å². The summed E-state index contributed by atoms with van der Waals surface area (Å²) < 4.78 is 7.34. The van der Waals surface area contributed by atoms with Gasteiger partial charge in [-0.1, -0.05) is 29.8 Å². The molecular formula is C5H11Br. The standard InChI is InChI=1S/C5H11Br/c1-3-5(6)4-2/h5H,3-4H2,1-2H3/i5D. The molecule has 0 saturated heterocycles. The highest BCUT2D eigenvalue weighted by atomic mass is 79.9. The zero-order chi connectivity index (χ0) is 5.91. The van der Waals surface area contributed by atoms with Crippen LogP contribution >= 0.6 is 15.9 Å². The second-order valence-corrected chi connectivity index (χ2v) is 2.35. The summed E-state index contributed by atoms with van der Waals surface area (Å²) in [6.07, 6.45) is 1.76. The normalized spacial score (nSPS) is 14.2. The molecule has 0 aromatic carbocycles. The van der Waals surface area contributed by atoms with Crippen LogP contribution < -0.4 is 0 Å². The van der Waals surface area contributed by atoms with E-state index in [1.807, 2.05) is 13.8 Å². The Bertz CT molecular complexity index is 46.0. The highest BCUT2D eigenvalue weighted by Gasteiger charge is 1.91. The first kappa shape index (κ1) is 4.63. The van der Waals surface area contributed by atoms with Crippen LogP contribution in [0.4, 0.5) is 0 Å². The Kier molecular flexibility index (Phi) is 2.83. The topological polar surface area (TPSA) is 0 Å². The molecule has 0 bridgehead atoms. The van der Waals surface area contributed by atoms with Crippen molar-refractivity contribution >= 4 is 15.9 Å². The van der Waals surface area contributed by atoms with Gasteiger partial charge in [0.25, 0.3) is 0 Å². The first-order chi connectivity index (χ1) is 3.12. The van der Waals surface area contributed by atoms with Crippen molar-refractivity contribution in [1.29, 1.82) is 0 Å². The van der Waals surface area contributed by atoms with Gasteiger partial charge in [0.2, 0.25) is 0 Å². The Labute approximate surface area is 49.5 Å². The van der Waals surface area contributed by atoms with E-state index >= 15 is 0 Å². The van der Waals surface area contributed by atoms with Crippen molar-refractivity contribution in [3.63, 3.8) is 0 Å². The van der Waals surface area contributed by atoms with E-state index in [1.54, 1.807) is 0 Å². The van der Waals surface area contributed by atoms with Gasteiger partial charge in [0, 0.05) is 6.17 Å². The highest BCUT2D eigenvalue weighted by molar-refractivity contribution is 9.09. The van der Waals surface area contributed by atoms with Gasteiger partial charge < -0.3 is 0 Å². The van der Waals surface area contributed by atoms with Crippen molar-refractivity contribution < 1.29 is 1.37 Å². The third kappa shape index (κ3) is 2.70. The van der Waals surface area contributed by atoms with Crippen molar-refractivity contribution in [3.05, 3.63) is 0 Å². The molecule has 0 nitrogen and oxygen atoms in total. The number of alkyl halides is 1. The van der Waals surface area contributed by atoms with Crippen molar-refractivity contribution in [1.82, 2.24) is 0 Å².